The highest BCUT2D eigenvalue weighted by atomic mass is 79.9. The van der Waals surface area contributed by atoms with E-state index in [1.807, 2.05) is 18.2 Å². The summed E-state index contributed by atoms with van der Waals surface area (Å²) in [6.07, 6.45) is 1.33. The number of rotatable bonds is 8. The van der Waals surface area contributed by atoms with Crippen molar-refractivity contribution in [2.75, 3.05) is 12.4 Å². The number of carbonyl (C=O) groups excluding carboxylic acids is 1. The van der Waals surface area contributed by atoms with Gasteiger partial charge in [0.1, 0.15) is 18.2 Å². The quantitative estimate of drug-likeness (QED) is 0.122. The van der Waals surface area contributed by atoms with E-state index in [9.17, 15) is 20.2 Å². The van der Waals surface area contributed by atoms with Gasteiger partial charge in [-0.3, -0.25) is 14.9 Å². The predicted octanol–water partition coefficient (Wildman–Crippen LogP) is 7.45. The third-order valence-corrected chi connectivity index (χ3v) is 6.14. The number of non-ortho nitro benzene ring substituents is 1. The van der Waals surface area contributed by atoms with Gasteiger partial charge in [-0.25, -0.2) is 0 Å². The van der Waals surface area contributed by atoms with Crippen molar-refractivity contribution in [3.05, 3.63) is 94.9 Å². The Morgan fingerprint density at radius 2 is 1.81 bits per heavy atom. The molecule has 0 aliphatic carbocycles. The first-order valence-electron chi connectivity index (χ1n) is 9.94. The molecule has 0 unspecified atom stereocenters. The molecule has 184 valence electrons. The molecule has 1 N–H and O–H groups in total. The topological polar surface area (TPSA) is 114 Å². The number of nitriles is 1. The van der Waals surface area contributed by atoms with Gasteiger partial charge in [0.15, 0.2) is 11.5 Å². The van der Waals surface area contributed by atoms with Crippen LogP contribution in [0.25, 0.3) is 6.08 Å². The average Bonchev–Trinajstić information content (AvgIpc) is 2.84. The summed E-state index contributed by atoms with van der Waals surface area (Å²) in [5, 5.41) is 23.2. The molecule has 0 aliphatic rings. The van der Waals surface area contributed by atoms with Crippen LogP contribution in [0.5, 0.6) is 11.5 Å². The summed E-state index contributed by atoms with van der Waals surface area (Å²) in [5.41, 5.74) is 0.688. The smallest absolute Gasteiger partial charge is 0.272 e. The van der Waals surface area contributed by atoms with Gasteiger partial charge in [-0.15, -0.1) is 0 Å². The zero-order valence-corrected chi connectivity index (χ0v) is 22.2. The Morgan fingerprint density at radius 3 is 2.36 bits per heavy atom. The first kappa shape index (κ1) is 27.3. The molecule has 0 atom stereocenters. The Hall–Kier alpha value is -3.29. The van der Waals surface area contributed by atoms with Crippen LogP contribution in [-0.2, 0) is 11.4 Å². The Bertz CT molecular complexity index is 1380. The van der Waals surface area contributed by atoms with Gasteiger partial charge < -0.3 is 14.8 Å². The van der Waals surface area contributed by atoms with Crippen LogP contribution in [0, 0.1) is 21.4 Å². The highest BCUT2D eigenvalue weighted by Crippen LogP contribution is 2.38. The van der Waals surface area contributed by atoms with E-state index in [0.29, 0.717) is 26.6 Å². The molecule has 0 saturated carbocycles. The van der Waals surface area contributed by atoms with Gasteiger partial charge in [0.2, 0.25) is 0 Å². The number of nitro groups is 1. The van der Waals surface area contributed by atoms with E-state index in [-0.39, 0.29) is 33.6 Å². The van der Waals surface area contributed by atoms with E-state index >= 15 is 0 Å². The molecule has 0 radical (unpaired) electrons. The van der Waals surface area contributed by atoms with Crippen LogP contribution in [0.15, 0.2) is 58.6 Å². The molecule has 0 heterocycles. The number of anilines is 1. The number of carbonyl (C=O) groups is 1. The second-order valence-electron chi connectivity index (χ2n) is 7.11. The molecule has 0 spiro atoms. The monoisotopic (exact) mass is 609 g/mol. The zero-order chi connectivity index (χ0) is 26.4. The maximum absolute atomic E-state index is 12.7. The lowest BCUT2D eigenvalue weighted by molar-refractivity contribution is -0.384. The van der Waals surface area contributed by atoms with Crippen molar-refractivity contribution in [2.24, 2.45) is 0 Å². The SMILES string of the molecule is COc1cc(/C=C(\C#N)C(=O)Nc2c(Cl)cc([N+](=O)[O-])cc2Cl)cc(Br)c1OCc1ccc(Cl)cc1. The molecule has 0 aromatic heterocycles. The van der Waals surface area contributed by atoms with Crippen LogP contribution in [0.4, 0.5) is 11.4 Å². The van der Waals surface area contributed by atoms with Crippen molar-refractivity contribution in [1.82, 2.24) is 0 Å². The van der Waals surface area contributed by atoms with Gasteiger partial charge in [-0.1, -0.05) is 46.9 Å². The largest absolute Gasteiger partial charge is 0.493 e. The molecule has 0 saturated heterocycles. The molecule has 36 heavy (non-hydrogen) atoms. The molecule has 0 aliphatic heterocycles. The summed E-state index contributed by atoms with van der Waals surface area (Å²) in [6, 6.07) is 14.3. The van der Waals surface area contributed by atoms with E-state index in [1.54, 1.807) is 24.3 Å². The number of methoxy groups -OCH3 is 1. The molecular formula is C24H15BrCl3N3O5. The van der Waals surface area contributed by atoms with E-state index in [1.165, 1.54) is 13.2 Å². The van der Waals surface area contributed by atoms with E-state index in [4.69, 9.17) is 44.3 Å². The van der Waals surface area contributed by atoms with E-state index in [0.717, 1.165) is 17.7 Å². The molecule has 8 nitrogen and oxygen atoms in total. The summed E-state index contributed by atoms with van der Waals surface area (Å²) in [7, 11) is 1.46. The van der Waals surface area contributed by atoms with Crippen molar-refractivity contribution in [2.45, 2.75) is 6.61 Å². The molecule has 0 bridgehead atoms. The highest BCUT2D eigenvalue weighted by molar-refractivity contribution is 9.10. The fourth-order valence-electron chi connectivity index (χ4n) is 2.98. The number of benzene rings is 3. The minimum atomic E-state index is -0.812. The fraction of sp³-hybridized carbons (Fsp3) is 0.0833. The number of halogens is 4. The Morgan fingerprint density at radius 1 is 1.17 bits per heavy atom. The van der Waals surface area contributed by atoms with Gasteiger partial charge in [0, 0.05) is 17.2 Å². The second kappa shape index (κ2) is 12.1. The van der Waals surface area contributed by atoms with E-state index in [2.05, 4.69) is 21.2 Å². The van der Waals surface area contributed by atoms with Crippen LogP contribution in [0.3, 0.4) is 0 Å². The molecule has 3 aromatic rings. The normalized spacial score (nSPS) is 10.9. The number of amides is 1. The van der Waals surface area contributed by atoms with Crippen molar-refractivity contribution in [3.63, 3.8) is 0 Å². The molecule has 3 rings (SSSR count). The lowest BCUT2D eigenvalue weighted by Gasteiger charge is -2.14. The Kier molecular flexibility index (Phi) is 9.18. The zero-order valence-electron chi connectivity index (χ0n) is 18.4. The standard InChI is InChI=1S/C24H15BrCl3N3O5/c1-35-21-8-14(7-18(25)23(21)36-12-13-2-4-16(26)5-3-13)6-15(11-29)24(32)30-22-19(27)9-17(31(33)34)10-20(22)28/h2-10H,12H2,1H3,(H,30,32)/b15-6+. The number of nitrogens with zero attached hydrogens (tertiary/aromatic N) is 2. The summed E-state index contributed by atoms with van der Waals surface area (Å²) in [6.45, 7) is 0.254. The fourth-order valence-corrected chi connectivity index (χ4v) is 4.25. The van der Waals surface area contributed by atoms with Crippen LogP contribution in [0.1, 0.15) is 11.1 Å². The molecule has 1 amide bonds. The highest BCUT2D eigenvalue weighted by Gasteiger charge is 2.19. The van der Waals surface area contributed by atoms with E-state index < -0.39 is 10.8 Å². The molecule has 12 heteroatoms. The first-order chi connectivity index (χ1) is 17.1. The third kappa shape index (κ3) is 6.68. The van der Waals surface area contributed by atoms with Crippen LogP contribution in [0.2, 0.25) is 15.1 Å². The van der Waals surface area contributed by atoms with Crippen molar-refractivity contribution < 1.29 is 19.2 Å². The minimum Gasteiger partial charge on any atom is -0.493 e. The van der Waals surface area contributed by atoms with Crippen LogP contribution < -0.4 is 14.8 Å². The molecule has 3 aromatic carbocycles. The Labute approximate surface area is 229 Å². The van der Waals surface area contributed by atoms with Gasteiger partial charge in [-0.05, 0) is 57.4 Å². The summed E-state index contributed by atoms with van der Waals surface area (Å²) < 4.78 is 11.9. The molecule has 0 fully saturated rings. The summed E-state index contributed by atoms with van der Waals surface area (Å²) in [4.78, 5) is 23.0. The number of hydrogen-bond donors (Lipinski definition) is 1. The Balaban J connectivity index is 1.84. The van der Waals surface area contributed by atoms with Crippen LogP contribution >= 0.6 is 50.7 Å². The summed E-state index contributed by atoms with van der Waals surface area (Å²) in [5.74, 6) is -0.0194. The van der Waals surface area contributed by atoms with Gasteiger partial charge in [-0.2, -0.15) is 5.26 Å². The predicted molar refractivity (Wildman–Crippen MR) is 142 cm³/mol. The minimum absolute atomic E-state index is 0.0557. The van der Waals surface area contributed by atoms with Crippen molar-refractivity contribution >= 4 is 74.1 Å². The number of nitrogens with one attached hydrogen (secondary N) is 1. The third-order valence-electron chi connectivity index (χ3n) is 4.70. The number of ether oxygens (including phenoxy) is 2. The first-order valence-corrected chi connectivity index (χ1v) is 11.9. The number of hydrogen-bond acceptors (Lipinski definition) is 6. The maximum Gasteiger partial charge on any atom is 0.272 e. The average molecular weight is 612 g/mol. The van der Waals surface area contributed by atoms with Gasteiger partial charge in [0.05, 0.1) is 32.2 Å². The summed E-state index contributed by atoms with van der Waals surface area (Å²) >= 11 is 21.4. The molecular weight excluding hydrogens is 597 g/mol. The van der Waals surface area contributed by atoms with Crippen LogP contribution in [-0.4, -0.2) is 17.9 Å². The van der Waals surface area contributed by atoms with Crippen molar-refractivity contribution in [1.29, 1.82) is 5.26 Å². The van der Waals surface area contributed by atoms with Crippen molar-refractivity contribution in [3.8, 4) is 17.6 Å². The number of nitro benzene ring substituents is 1. The second-order valence-corrected chi connectivity index (χ2v) is 9.22. The van der Waals surface area contributed by atoms with Gasteiger partial charge >= 0.3 is 0 Å². The lowest BCUT2D eigenvalue weighted by atomic mass is 10.1. The van der Waals surface area contributed by atoms with Gasteiger partial charge in [0.25, 0.3) is 11.6 Å². The lowest BCUT2D eigenvalue weighted by Crippen LogP contribution is -2.14. The maximum atomic E-state index is 12.7.